The third-order valence-electron chi connectivity index (χ3n) is 5.07. The summed E-state index contributed by atoms with van der Waals surface area (Å²) in [5.74, 6) is 0.291. The molecule has 3 N–H and O–H groups in total. The van der Waals surface area contributed by atoms with Crippen molar-refractivity contribution in [2.24, 2.45) is 5.73 Å². The van der Waals surface area contributed by atoms with Crippen LogP contribution in [0.3, 0.4) is 0 Å². The second-order valence-electron chi connectivity index (χ2n) is 7.03. The Morgan fingerprint density at radius 3 is 2.70 bits per heavy atom. The number of benzene rings is 1. The van der Waals surface area contributed by atoms with Gasteiger partial charge in [0.2, 0.25) is 5.91 Å². The van der Waals surface area contributed by atoms with Gasteiger partial charge in [-0.15, -0.1) is 21.5 Å². The number of aromatic nitrogens is 3. The van der Waals surface area contributed by atoms with Crippen LogP contribution in [0, 0.1) is 0 Å². The topological polar surface area (TPSA) is 103 Å². The lowest BCUT2D eigenvalue weighted by atomic mass is 9.95. The van der Waals surface area contributed by atoms with Crippen molar-refractivity contribution in [1.29, 1.82) is 0 Å². The monoisotopic (exact) mass is 441 g/mol. The third-order valence-corrected chi connectivity index (χ3v) is 7.24. The largest absolute Gasteiger partial charge is 0.365 e. The maximum atomic E-state index is 12.6. The molecule has 2 heterocycles. The first-order chi connectivity index (χ1) is 14.6. The lowest BCUT2D eigenvalue weighted by molar-refractivity contribution is -0.113. The fourth-order valence-electron chi connectivity index (χ4n) is 3.69. The molecule has 1 aliphatic carbocycles. The number of carbonyl (C=O) groups is 2. The number of hydrogen-bond donors (Lipinski definition) is 2. The highest BCUT2D eigenvalue weighted by atomic mass is 32.2. The Balaban J connectivity index is 1.47. The molecule has 3 aromatic rings. The zero-order valence-electron chi connectivity index (χ0n) is 16.7. The molecular formula is C21H23N5O2S2. The summed E-state index contributed by atoms with van der Waals surface area (Å²) in [5, 5.41) is 12.7. The molecule has 1 aliphatic rings. The summed E-state index contributed by atoms with van der Waals surface area (Å²) >= 11 is 2.80. The average molecular weight is 442 g/mol. The van der Waals surface area contributed by atoms with Crippen molar-refractivity contribution in [3.05, 3.63) is 46.3 Å². The molecule has 0 spiro atoms. The fraction of sp³-hybridized carbons (Fsp3) is 0.333. The van der Waals surface area contributed by atoms with Crippen LogP contribution in [-0.4, -0.2) is 32.3 Å². The van der Waals surface area contributed by atoms with Crippen molar-refractivity contribution in [1.82, 2.24) is 14.8 Å². The van der Waals surface area contributed by atoms with Gasteiger partial charge in [-0.1, -0.05) is 42.1 Å². The minimum absolute atomic E-state index is 0.174. The molecule has 9 heteroatoms. The van der Waals surface area contributed by atoms with Crippen LogP contribution < -0.4 is 11.1 Å². The molecule has 30 heavy (non-hydrogen) atoms. The van der Waals surface area contributed by atoms with Crippen LogP contribution in [0.5, 0.6) is 0 Å². The number of anilines is 1. The number of carbonyl (C=O) groups excluding carboxylic acids is 2. The van der Waals surface area contributed by atoms with Crippen LogP contribution in [-0.2, 0) is 24.2 Å². The summed E-state index contributed by atoms with van der Waals surface area (Å²) in [5.41, 5.74) is 8.09. The fourth-order valence-corrected chi connectivity index (χ4v) is 5.80. The van der Waals surface area contributed by atoms with Gasteiger partial charge in [-0.05, 0) is 38.2 Å². The summed E-state index contributed by atoms with van der Waals surface area (Å²) in [6, 6.07) is 9.85. The number of thiophene rings is 1. The summed E-state index contributed by atoms with van der Waals surface area (Å²) in [6.45, 7) is 2.72. The van der Waals surface area contributed by atoms with E-state index in [0.29, 0.717) is 22.3 Å². The summed E-state index contributed by atoms with van der Waals surface area (Å²) in [4.78, 5) is 25.8. The number of nitrogens with two attached hydrogens (primary N) is 1. The quantitative estimate of drug-likeness (QED) is 0.544. The predicted molar refractivity (Wildman–Crippen MR) is 120 cm³/mol. The lowest BCUT2D eigenvalue weighted by Gasteiger charge is -2.11. The van der Waals surface area contributed by atoms with E-state index in [1.54, 1.807) is 0 Å². The minimum Gasteiger partial charge on any atom is -0.365 e. The average Bonchev–Trinajstić information content (AvgIpc) is 3.33. The Morgan fingerprint density at radius 1 is 1.20 bits per heavy atom. The number of aryl methyl sites for hydroxylation is 1. The number of rotatable bonds is 7. The number of thioether (sulfide) groups is 1. The Bertz CT molecular complexity index is 1070. The highest BCUT2D eigenvalue weighted by Gasteiger charge is 2.25. The molecule has 1 aromatic carbocycles. The molecule has 4 rings (SSSR count). The smallest absolute Gasteiger partial charge is 0.251 e. The molecule has 156 valence electrons. The number of nitrogens with one attached hydrogen (secondary N) is 1. The van der Waals surface area contributed by atoms with Crippen molar-refractivity contribution in [3.8, 4) is 11.4 Å². The van der Waals surface area contributed by atoms with Gasteiger partial charge in [-0.2, -0.15) is 0 Å². The molecule has 7 nitrogen and oxygen atoms in total. The summed E-state index contributed by atoms with van der Waals surface area (Å²) in [7, 11) is 0. The Hall–Kier alpha value is -2.65. The van der Waals surface area contributed by atoms with Crippen LogP contribution in [0.25, 0.3) is 11.4 Å². The van der Waals surface area contributed by atoms with Crippen LogP contribution in [0.2, 0.25) is 0 Å². The summed E-state index contributed by atoms with van der Waals surface area (Å²) in [6.07, 6.45) is 3.93. The highest BCUT2D eigenvalue weighted by Crippen LogP contribution is 2.38. The molecule has 0 saturated heterocycles. The minimum atomic E-state index is -0.476. The van der Waals surface area contributed by atoms with Gasteiger partial charge in [0, 0.05) is 17.0 Å². The zero-order chi connectivity index (χ0) is 21.1. The molecule has 0 saturated carbocycles. The van der Waals surface area contributed by atoms with Crippen LogP contribution in [0.4, 0.5) is 5.00 Å². The van der Waals surface area contributed by atoms with Crippen LogP contribution >= 0.6 is 23.1 Å². The van der Waals surface area contributed by atoms with E-state index in [1.807, 2.05) is 41.8 Å². The van der Waals surface area contributed by atoms with Crippen molar-refractivity contribution in [2.75, 3.05) is 11.1 Å². The third kappa shape index (κ3) is 4.13. The van der Waals surface area contributed by atoms with E-state index in [4.69, 9.17) is 5.73 Å². The normalized spacial score (nSPS) is 13.1. The predicted octanol–water partition coefficient (Wildman–Crippen LogP) is 3.74. The van der Waals surface area contributed by atoms with Gasteiger partial charge in [0.25, 0.3) is 5.91 Å². The molecule has 2 aromatic heterocycles. The zero-order valence-corrected chi connectivity index (χ0v) is 18.3. The van der Waals surface area contributed by atoms with E-state index in [1.165, 1.54) is 23.1 Å². The van der Waals surface area contributed by atoms with E-state index < -0.39 is 5.91 Å². The number of nitrogens with zero attached hydrogens (tertiary/aromatic N) is 3. The number of amides is 2. The van der Waals surface area contributed by atoms with Crippen molar-refractivity contribution in [2.45, 2.75) is 44.3 Å². The number of primary amides is 1. The molecular weight excluding hydrogens is 418 g/mol. The van der Waals surface area contributed by atoms with Crippen molar-refractivity contribution < 1.29 is 9.59 Å². The Kier molecular flexibility index (Phi) is 6.19. The van der Waals surface area contributed by atoms with Crippen molar-refractivity contribution in [3.63, 3.8) is 0 Å². The van der Waals surface area contributed by atoms with E-state index >= 15 is 0 Å². The molecule has 0 fully saturated rings. The second kappa shape index (κ2) is 9.01. The number of hydrogen-bond acceptors (Lipinski definition) is 6. The van der Waals surface area contributed by atoms with Gasteiger partial charge < -0.3 is 15.6 Å². The number of fused-ring (bicyclic) bond motifs is 1. The van der Waals surface area contributed by atoms with Crippen LogP contribution in [0.1, 0.15) is 40.6 Å². The molecule has 0 atom stereocenters. The van der Waals surface area contributed by atoms with Crippen LogP contribution in [0.15, 0.2) is 35.5 Å². The van der Waals surface area contributed by atoms with Gasteiger partial charge in [-0.25, -0.2) is 0 Å². The van der Waals surface area contributed by atoms with E-state index in [2.05, 4.69) is 15.5 Å². The maximum absolute atomic E-state index is 12.6. The molecule has 0 aliphatic heterocycles. The first-order valence-corrected chi connectivity index (χ1v) is 11.7. The maximum Gasteiger partial charge on any atom is 0.251 e. The SMILES string of the molecule is CCn1c(SCC(=O)Nc2sc3c(c2C(N)=O)CCCC3)nnc1-c1ccccc1. The first-order valence-electron chi connectivity index (χ1n) is 9.94. The van der Waals surface area contributed by atoms with E-state index in [-0.39, 0.29) is 11.7 Å². The van der Waals surface area contributed by atoms with Gasteiger partial charge in [-0.3, -0.25) is 9.59 Å². The second-order valence-corrected chi connectivity index (χ2v) is 9.08. The van der Waals surface area contributed by atoms with E-state index in [9.17, 15) is 9.59 Å². The Morgan fingerprint density at radius 2 is 1.97 bits per heavy atom. The summed E-state index contributed by atoms with van der Waals surface area (Å²) < 4.78 is 1.99. The highest BCUT2D eigenvalue weighted by molar-refractivity contribution is 7.99. The van der Waals surface area contributed by atoms with Gasteiger partial charge in [0.05, 0.1) is 11.3 Å². The lowest BCUT2D eigenvalue weighted by Crippen LogP contribution is -2.19. The molecule has 0 radical (unpaired) electrons. The first kappa shape index (κ1) is 20.6. The molecule has 2 amide bonds. The Labute approximate surface area is 183 Å². The van der Waals surface area contributed by atoms with Gasteiger partial charge in [0.15, 0.2) is 11.0 Å². The van der Waals surface area contributed by atoms with Gasteiger partial charge >= 0.3 is 0 Å². The standard InChI is InChI=1S/C21H23N5O2S2/c1-2-26-19(13-8-4-3-5-9-13)24-25-21(26)29-12-16(27)23-20-17(18(22)28)14-10-6-7-11-15(14)30-20/h3-5,8-9H,2,6-7,10-12H2,1H3,(H2,22,28)(H,23,27). The molecule has 0 bridgehead atoms. The van der Waals surface area contributed by atoms with Gasteiger partial charge in [0.1, 0.15) is 5.00 Å². The molecule has 0 unspecified atom stereocenters. The van der Waals surface area contributed by atoms with E-state index in [0.717, 1.165) is 47.5 Å². The van der Waals surface area contributed by atoms with Crippen molar-refractivity contribution >= 4 is 39.9 Å².